The third kappa shape index (κ3) is 26.4. The number of amides is 3. The number of carboxylic acid groups (broad SMARTS) is 5. The molecule has 0 unspecified atom stereocenters. The third-order valence-corrected chi connectivity index (χ3v) is 7.91. The van der Waals surface area contributed by atoms with Gasteiger partial charge in [-0.1, -0.05) is 77.0 Å². The lowest BCUT2D eigenvalue weighted by molar-refractivity contribution is -0.144. The molecule has 3 amide bonds. The van der Waals surface area contributed by atoms with Crippen LogP contribution in [0.5, 0.6) is 0 Å². The molecule has 0 rings (SSSR count). The van der Waals surface area contributed by atoms with Gasteiger partial charge in [-0.15, -0.1) is 0 Å². The van der Waals surface area contributed by atoms with Gasteiger partial charge in [0.1, 0.15) is 18.1 Å². The van der Waals surface area contributed by atoms with Crippen LogP contribution < -0.4 is 16.0 Å². The summed E-state index contributed by atoms with van der Waals surface area (Å²) >= 11 is 0. The second kappa shape index (κ2) is 27.7. The fourth-order valence-electron chi connectivity index (χ4n) is 5.07. The molecular formula is C33H55N3O13. The summed E-state index contributed by atoms with van der Waals surface area (Å²) in [6.07, 6.45) is 12.3. The van der Waals surface area contributed by atoms with Crippen LogP contribution in [-0.4, -0.2) is 91.2 Å². The lowest BCUT2D eigenvalue weighted by Crippen LogP contribution is -2.45. The Kier molecular flexibility index (Phi) is 25.3. The molecule has 0 bridgehead atoms. The van der Waals surface area contributed by atoms with E-state index < -0.39 is 91.4 Å². The van der Waals surface area contributed by atoms with Gasteiger partial charge in [0, 0.05) is 32.1 Å². The monoisotopic (exact) mass is 701 g/mol. The van der Waals surface area contributed by atoms with Gasteiger partial charge in [-0.25, -0.2) is 14.4 Å². The number of hydrogen-bond donors (Lipinski definition) is 8. The number of unbranched alkanes of at least 4 members (excludes halogenated alkanes) is 13. The van der Waals surface area contributed by atoms with Crippen molar-refractivity contribution in [2.75, 3.05) is 0 Å². The van der Waals surface area contributed by atoms with Gasteiger partial charge in [-0.3, -0.25) is 24.0 Å². The Bertz CT molecular complexity index is 1070. The first-order valence-corrected chi connectivity index (χ1v) is 17.2. The number of nitrogens with one attached hydrogen (secondary N) is 3. The fourth-order valence-corrected chi connectivity index (χ4v) is 5.07. The zero-order chi connectivity index (χ0) is 37.0. The number of aliphatic carboxylic acids is 5. The molecule has 0 aromatic carbocycles. The second-order valence-electron chi connectivity index (χ2n) is 12.2. The largest absolute Gasteiger partial charge is 0.481 e. The Morgan fingerprint density at radius 3 is 0.857 bits per heavy atom. The number of carbonyl (C=O) groups is 8. The molecule has 0 aliphatic rings. The summed E-state index contributed by atoms with van der Waals surface area (Å²) in [5.74, 6) is -8.40. The average molecular weight is 702 g/mol. The highest BCUT2D eigenvalue weighted by molar-refractivity contribution is 5.87. The first-order valence-electron chi connectivity index (χ1n) is 17.2. The van der Waals surface area contributed by atoms with E-state index in [1.54, 1.807) is 0 Å². The summed E-state index contributed by atoms with van der Waals surface area (Å²) in [6, 6.07) is -4.37. The maximum absolute atomic E-state index is 12.3. The van der Waals surface area contributed by atoms with Crippen molar-refractivity contribution in [1.29, 1.82) is 0 Å². The van der Waals surface area contributed by atoms with Gasteiger partial charge in [0.25, 0.3) is 0 Å². The molecule has 0 aliphatic heterocycles. The van der Waals surface area contributed by atoms with Crippen LogP contribution in [0.15, 0.2) is 0 Å². The van der Waals surface area contributed by atoms with Crippen molar-refractivity contribution in [3.63, 3.8) is 0 Å². The smallest absolute Gasteiger partial charge is 0.326 e. The van der Waals surface area contributed by atoms with Gasteiger partial charge in [-0.2, -0.15) is 0 Å². The van der Waals surface area contributed by atoms with E-state index in [1.165, 1.54) is 25.7 Å². The van der Waals surface area contributed by atoms with Crippen LogP contribution in [0.3, 0.4) is 0 Å². The predicted octanol–water partition coefficient (Wildman–Crippen LogP) is 3.45. The van der Waals surface area contributed by atoms with Crippen LogP contribution in [-0.2, 0) is 38.4 Å². The highest BCUT2D eigenvalue weighted by Gasteiger charge is 2.26. The van der Waals surface area contributed by atoms with E-state index in [-0.39, 0.29) is 25.7 Å². The summed E-state index contributed by atoms with van der Waals surface area (Å²) in [5.41, 5.74) is 0. The SMILES string of the molecule is O=C(O)CCCCCCCCCCCCCCCCC(=O)N[C@@H](CCC(=O)N[C@@H](CCC(=O)N[C@@H](CCC(=O)O)C(=O)O)C(=O)O)C(=O)O. The van der Waals surface area contributed by atoms with Gasteiger partial charge in [-0.05, 0) is 32.1 Å². The maximum atomic E-state index is 12.3. The van der Waals surface area contributed by atoms with Gasteiger partial charge in [0.15, 0.2) is 0 Å². The summed E-state index contributed by atoms with van der Waals surface area (Å²) in [6.45, 7) is 0. The van der Waals surface area contributed by atoms with Crippen LogP contribution in [0.1, 0.15) is 141 Å². The van der Waals surface area contributed by atoms with Gasteiger partial charge < -0.3 is 41.5 Å². The van der Waals surface area contributed by atoms with Crippen LogP contribution in [0.4, 0.5) is 0 Å². The van der Waals surface area contributed by atoms with E-state index in [0.29, 0.717) is 6.42 Å². The quantitative estimate of drug-likeness (QED) is 0.0467. The van der Waals surface area contributed by atoms with Crippen LogP contribution in [0.25, 0.3) is 0 Å². The zero-order valence-corrected chi connectivity index (χ0v) is 28.3. The minimum atomic E-state index is -1.53. The molecule has 0 aromatic rings. The average Bonchev–Trinajstić information content (AvgIpc) is 3.02. The molecule has 0 spiro atoms. The third-order valence-electron chi connectivity index (χ3n) is 7.91. The summed E-state index contributed by atoms with van der Waals surface area (Å²) in [7, 11) is 0. The fraction of sp³-hybridized carbons (Fsp3) is 0.758. The molecule has 16 nitrogen and oxygen atoms in total. The number of carboxylic acids is 5. The molecule has 0 saturated carbocycles. The summed E-state index contributed by atoms with van der Waals surface area (Å²) < 4.78 is 0. The number of rotatable bonds is 32. The molecule has 0 saturated heterocycles. The van der Waals surface area contributed by atoms with E-state index in [1.807, 2.05) is 0 Å². The normalized spacial score (nSPS) is 12.7. The first kappa shape index (κ1) is 44.8. The van der Waals surface area contributed by atoms with Gasteiger partial charge in [0.2, 0.25) is 17.7 Å². The van der Waals surface area contributed by atoms with Crippen molar-refractivity contribution in [2.24, 2.45) is 0 Å². The van der Waals surface area contributed by atoms with Crippen LogP contribution in [0.2, 0.25) is 0 Å². The van der Waals surface area contributed by atoms with Crippen molar-refractivity contribution < 1.29 is 63.9 Å². The highest BCUT2D eigenvalue weighted by Crippen LogP contribution is 2.14. The Morgan fingerprint density at radius 1 is 0.327 bits per heavy atom. The molecule has 49 heavy (non-hydrogen) atoms. The summed E-state index contributed by atoms with van der Waals surface area (Å²) in [5, 5.41) is 52.0. The Balaban J connectivity index is 4.21. The van der Waals surface area contributed by atoms with E-state index in [9.17, 15) is 48.6 Å². The zero-order valence-electron chi connectivity index (χ0n) is 28.3. The summed E-state index contributed by atoms with van der Waals surface area (Å²) in [4.78, 5) is 92.3. The molecule has 8 N–H and O–H groups in total. The molecular weight excluding hydrogens is 646 g/mol. The Labute approximate surface area is 286 Å². The highest BCUT2D eigenvalue weighted by atomic mass is 16.4. The van der Waals surface area contributed by atoms with Gasteiger partial charge in [0.05, 0.1) is 0 Å². The van der Waals surface area contributed by atoms with Crippen molar-refractivity contribution >= 4 is 47.6 Å². The van der Waals surface area contributed by atoms with E-state index >= 15 is 0 Å². The minimum absolute atomic E-state index is 0.133. The van der Waals surface area contributed by atoms with Crippen molar-refractivity contribution in [2.45, 2.75) is 159 Å². The molecule has 0 heterocycles. The van der Waals surface area contributed by atoms with Crippen molar-refractivity contribution in [3.8, 4) is 0 Å². The van der Waals surface area contributed by atoms with Crippen molar-refractivity contribution in [3.05, 3.63) is 0 Å². The topological polar surface area (TPSA) is 274 Å². The molecule has 280 valence electrons. The van der Waals surface area contributed by atoms with Crippen LogP contribution in [0, 0.1) is 0 Å². The number of carbonyl (C=O) groups excluding carboxylic acids is 3. The predicted molar refractivity (Wildman–Crippen MR) is 176 cm³/mol. The second-order valence-corrected chi connectivity index (χ2v) is 12.2. The molecule has 0 fully saturated rings. The minimum Gasteiger partial charge on any atom is -0.481 e. The molecule has 0 radical (unpaired) electrons. The maximum Gasteiger partial charge on any atom is 0.326 e. The molecule has 0 aliphatic carbocycles. The van der Waals surface area contributed by atoms with E-state index in [2.05, 4.69) is 16.0 Å². The van der Waals surface area contributed by atoms with E-state index in [0.717, 1.165) is 57.8 Å². The Hall–Kier alpha value is -4.24. The molecule has 3 atom stereocenters. The first-order chi connectivity index (χ1) is 23.2. The number of hydrogen-bond acceptors (Lipinski definition) is 8. The lowest BCUT2D eigenvalue weighted by Gasteiger charge is -2.18. The molecule has 16 heteroatoms. The van der Waals surface area contributed by atoms with Crippen LogP contribution >= 0.6 is 0 Å². The lowest BCUT2D eigenvalue weighted by atomic mass is 10.0. The molecule has 0 aromatic heterocycles. The Morgan fingerprint density at radius 2 is 0.571 bits per heavy atom. The standard InChI is InChI=1S/C33H55N3O13/c37-26(15-13-11-9-7-5-3-1-2-4-6-8-10-12-14-16-29(40)41)34-23(31(44)45)17-20-27(38)35-24(32(46)47)18-21-28(39)36-25(33(48)49)19-22-30(42)43/h23-25H,1-22H2,(H,34,37)(H,35,38)(H,36,39)(H,40,41)(H,42,43)(H,44,45)(H,46,47)(H,48,49)/t23-,24-,25-/m0/s1. The van der Waals surface area contributed by atoms with Gasteiger partial charge >= 0.3 is 29.8 Å². The van der Waals surface area contributed by atoms with E-state index in [4.69, 9.17) is 15.3 Å². The van der Waals surface area contributed by atoms with Crippen molar-refractivity contribution in [1.82, 2.24) is 16.0 Å².